The number of rotatable bonds is 4. The molecular formula is C24H39F3N6O2. The Balaban J connectivity index is 0.000000189. The van der Waals surface area contributed by atoms with Gasteiger partial charge in [0.15, 0.2) is 0 Å². The minimum absolute atomic E-state index is 0.275. The molecule has 0 radical (unpaired) electrons. The summed E-state index contributed by atoms with van der Waals surface area (Å²) in [5.41, 5.74) is 5.99. The van der Waals surface area contributed by atoms with E-state index >= 15 is 0 Å². The van der Waals surface area contributed by atoms with Crippen LogP contribution in [-0.4, -0.2) is 76.0 Å². The molecule has 2 aliphatic rings. The number of aliphatic hydroxyl groups excluding tert-OH is 1. The van der Waals surface area contributed by atoms with Gasteiger partial charge in [-0.1, -0.05) is 19.3 Å². The number of fused-ring (bicyclic) bond motifs is 1. The van der Waals surface area contributed by atoms with E-state index < -0.39 is 12.1 Å². The molecule has 198 valence electrons. The van der Waals surface area contributed by atoms with Crippen LogP contribution in [0.2, 0.25) is 0 Å². The van der Waals surface area contributed by atoms with Crippen LogP contribution in [0.3, 0.4) is 0 Å². The summed E-state index contributed by atoms with van der Waals surface area (Å²) in [4.78, 5) is 23.0. The van der Waals surface area contributed by atoms with Crippen molar-refractivity contribution in [2.24, 2.45) is 18.7 Å². The summed E-state index contributed by atoms with van der Waals surface area (Å²) >= 11 is 0. The molecule has 3 heterocycles. The number of likely N-dealkylation sites (tertiary alicyclic amines) is 1. The first-order chi connectivity index (χ1) is 16.5. The zero-order chi connectivity index (χ0) is 26.0. The lowest BCUT2D eigenvalue weighted by Crippen LogP contribution is -2.42. The molecule has 2 fully saturated rings. The van der Waals surface area contributed by atoms with Crippen LogP contribution < -0.4 is 10.6 Å². The Labute approximate surface area is 205 Å². The predicted octanol–water partition coefficient (Wildman–Crippen LogP) is 3.48. The molecule has 2 aromatic heterocycles. The van der Waals surface area contributed by atoms with Gasteiger partial charge in [-0.05, 0) is 45.2 Å². The molecule has 0 unspecified atom stereocenters. The number of primary amides is 1. The summed E-state index contributed by atoms with van der Waals surface area (Å²) in [7, 11) is 4.03. The highest BCUT2D eigenvalue weighted by Gasteiger charge is 2.39. The van der Waals surface area contributed by atoms with Gasteiger partial charge in [0.1, 0.15) is 17.8 Å². The number of halogens is 3. The lowest BCUT2D eigenvalue weighted by molar-refractivity contribution is -0.181. The highest BCUT2D eigenvalue weighted by molar-refractivity contribution is 5.87. The predicted molar refractivity (Wildman–Crippen MR) is 131 cm³/mol. The Morgan fingerprint density at radius 1 is 1.20 bits per heavy atom. The number of hydrogen-bond donors (Lipinski definition) is 2. The number of β-amino-alcohol motifs (C(OH)–C–C–N with tert-alkyl or cyclic N) is 1. The lowest BCUT2D eigenvalue weighted by atomic mass is 9.89. The topological polar surface area (TPSA) is 101 Å². The van der Waals surface area contributed by atoms with Gasteiger partial charge >= 0.3 is 6.18 Å². The third-order valence-corrected chi connectivity index (χ3v) is 6.40. The number of alkyl halides is 3. The van der Waals surface area contributed by atoms with Crippen molar-refractivity contribution in [1.29, 1.82) is 0 Å². The molecule has 35 heavy (non-hydrogen) atoms. The quantitative estimate of drug-likeness (QED) is 0.667. The molecule has 1 saturated carbocycles. The normalized spacial score (nSPS) is 19.3. The second-order valence-corrected chi connectivity index (χ2v) is 9.25. The molecule has 0 spiro atoms. The molecule has 1 aliphatic carbocycles. The number of aliphatic hydroxyl groups is 1. The third-order valence-electron chi connectivity index (χ3n) is 6.40. The molecule has 8 nitrogen and oxygen atoms in total. The first-order valence-electron chi connectivity index (χ1n) is 12.3. The number of piperidine rings is 1. The maximum absolute atomic E-state index is 11.9. The zero-order valence-electron chi connectivity index (χ0n) is 21.0. The van der Waals surface area contributed by atoms with E-state index in [-0.39, 0.29) is 18.6 Å². The third kappa shape index (κ3) is 9.29. The van der Waals surface area contributed by atoms with E-state index in [4.69, 9.17) is 5.73 Å². The van der Waals surface area contributed by atoms with E-state index in [0.717, 1.165) is 62.0 Å². The maximum Gasteiger partial charge on any atom is 0.391 e. The highest BCUT2D eigenvalue weighted by atomic mass is 19.4. The van der Waals surface area contributed by atoms with Gasteiger partial charge in [-0.25, -0.2) is 9.97 Å². The number of carbonyl (C=O) groups is 1. The smallest absolute Gasteiger partial charge is 0.391 e. The minimum Gasteiger partial charge on any atom is -0.392 e. The van der Waals surface area contributed by atoms with Gasteiger partial charge in [-0.2, -0.15) is 13.2 Å². The van der Waals surface area contributed by atoms with E-state index in [1.807, 2.05) is 29.8 Å². The van der Waals surface area contributed by atoms with Gasteiger partial charge in [0, 0.05) is 33.4 Å². The van der Waals surface area contributed by atoms with Gasteiger partial charge in [-0.3, -0.25) is 9.69 Å². The SMILES string of the molecule is CCN(C)c1ncnc2c1ccn2C.FC(F)(F)C1CCCCC1.NC(=O)CN1CCC[C@@H](O)C1. The Hall–Kier alpha value is -2.40. The number of aryl methyl sites for hydroxylation is 1. The summed E-state index contributed by atoms with van der Waals surface area (Å²) in [5.74, 6) is -0.321. The highest BCUT2D eigenvalue weighted by Crippen LogP contribution is 2.37. The fourth-order valence-corrected chi connectivity index (χ4v) is 4.34. The van der Waals surface area contributed by atoms with Crippen molar-refractivity contribution in [2.75, 3.05) is 38.1 Å². The van der Waals surface area contributed by atoms with E-state index in [1.54, 1.807) is 6.33 Å². The van der Waals surface area contributed by atoms with E-state index in [1.165, 1.54) is 0 Å². The molecule has 1 saturated heterocycles. The fraction of sp³-hybridized carbons (Fsp3) is 0.708. The van der Waals surface area contributed by atoms with Crippen LogP contribution in [0.1, 0.15) is 51.9 Å². The fourth-order valence-electron chi connectivity index (χ4n) is 4.34. The number of anilines is 1. The van der Waals surface area contributed by atoms with E-state index in [0.29, 0.717) is 19.4 Å². The van der Waals surface area contributed by atoms with Crippen molar-refractivity contribution < 1.29 is 23.1 Å². The summed E-state index contributed by atoms with van der Waals surface area (Å²) in [6.45, 7) is 4.79. The van der Waals surface area contributed by atoms with Gasteiger partial charge < -0.3 is 20.3 Å². The molecule has 0 bridgehead atoms. The van der Waals surface area contributed by atoms with Crippen molar-refractivity contribution in [2.45, 2.75) is 64.1 Å². The standard InChI is InChI=1S/C10H14N4.C7H11F3.C7H14N2O2/c1-4-13(2)9-8-5-6-14(3)10(8)12-7-11-9;8-7(9,10)6-4-2-1-3-5-6;8-7(11)5-9-3-1-2-6(10)4-9/h5-7H,4H2,1-3H3;6H,1-5H2;6,10H,1-5H2,(H2,8,11)/t;;6-/m..1/s1. The van der Waals surface area contributed by atoms with Gasteiger partial charge in [0.05, 0.1) is 24.0 Å². The number of nitrogens with two attached hydrogens (primary N) is 1. The number of nitrogens with zero attached hydrogens (tertiary/aromatic N) is 5. The Morgan fingerprint density at radius 2 is 1.89 bits per heavy atom. The first kappa shape index (κ1) is 28.8. The van der Waals surface area contributed by atoms with Crippen LogP contribution in [0.15, 0.2) is 18.6 Å². The van der Waals surface area contributed by atoms with E-state index in [2.05, 4.69) is 27.9 Å². The molecule has 3 N–H and O–H groups in total. The van der Waals surface area contributed by atoms with Crippen molar-refractivity contribution >= 4 is 22.8 Å². The summed E-state index contributed by atoms with van der Waals surface area (Å²) in [6.07, 6.45) is 4.40. The molecule has 0 aromatic carbocycles. The van der Waals surface area contributed by atoms with Gasteiger partial charge in [0.2, 0.25) is 5.91 Å². The molecule has 11 heteroatoms. The monoisotopic (exact) mass is 500 g/mol. The van der Waals surface area contributed by atoms with Crippen molar-refractivity contribution in [1.82, 2.24) is 19.4 Å². The van der Waals surface area contributed by atoms with Gasteiger partial charge in [0.25, 0.3) is 0 Å². The van der Waals surface area contributed by atoms with Gasteiger partial charge in [-0.15, -0.1) is 0 Å². The van der Waals surface area contributed by atoms with Crippen LogP contribution >= 0.6 is 0 Å². The molecule has 4 rings (SSSR count). The van der Waals surface area contributed by atoms with Crippen molar-refractivity contribution in [3.05, 3.63) is 18.6 Å². The molecule has 1 amide bonds. The van der Waals surface area contributed by atoms with E-state index in [9.17, 15) is 23.1 Å². The average Bonchev–Trinajstić information content (AvgIpc) is 3.20. The molecule has 1 aliphatic heterocycles. The van der Waals surface area contributed by atoms with Crippen LogP contribution in [0.25, 0.3) is 11.0 Å². The summed E-state index contributed by atoms with van der Waals surface area (Å²) < 4.78 is 37.8. The largest absolute Gasteiger partial charge is 0.392 e. The Morgan fingerprint density at radius 3 is 2.43 bits per heavy atom. The Bertz CT molecular complexity index is 914. The molecule has 2 aromatic rings. The minimum atomic E-state index is -3.93. The molecular weight excluding hydrogens is 461 g/mol. The number of hydrogen-bond acceptors (Lipinski definition) is 6. The first-order valence-corrected chi connectivity index (χ1v) is 12.3. The second kappa shape index (κ2) is 13.6. The summed E-state index contributed by atoms with van der Waals surface area (Å²) in [6, 6.07) is 2.05. The number of carbonyl (C=O) groups excluding carboxylic acids is 1. The van der Waals surface area contributed by atoms with Crippen LogP contribution in [0.5, 0.6) is 0 Å². The maximum atomic E-state index is 11.9. The van der Waals surface area contributed by atoms with Crippen LogP contribution in [0, 0.1) is 5.92 Å². The van der Waals surface area contributed by atoms with Crippen molar-refractivity contribution in [3.63, 3.8) is 0 Å². The Kier molecular flexibility index (Phi) is 11.2. The average molecular weight is 501 g/mol. The number of amides is 1. The van der Waals surface area contributed by atoms with Crippen LogP contribution in [-0.2, 0) is 11.8 Å². The number of aromatic nitrogens is 3. The molecule has 1 atom stereocenters. The summed E-state index contributed by atoms with van der Waals surface area (Å²) in [5, 5.41) is 10.3. The van der Waals surface area contributed by atoms with Crippen molar-refractivity contribution in [3.8, 4) is 0 Å². The zero-order valence-corrected chi connectivity index (χ0v) is 21.0. The van der Waals surface area contributed by atoms with Crippen LogP contribution in [0.4, 0.5) is 19.0 Å². The lowest BCUT2D eigenvalue weighted by Gasteiger charge is -2.28. The second-order valence-electron chi connectivity index (χ2n) is 9.25.